The van der Waals surface area contributed by atoms with Gasteiger partial charge in [-0.3, -0.25) is 14.5 Å². The number of piperidine rings is 2. The largest absolute Gasteiger partial charge is 0.464 e. The second kappa shape index (κ2) is 8.27. The molecule has 1 aromatic rings. The Hall–Kier alpha value is -1.82. The Kier molecular flexibility index (Phi) is 5.76. The van der Waals surface area contributed by atoms with Crippen LogP contribution in [0.15, 0.2) is 16.5 Å². The molecule has 1 atom stereocenters. The number of nitrogens with zero attached hydrogens (tertiary/aromatic N) is 3. The number of hydrogen-bond acceptors (Lipinski definition) is 4. The van der Waals surface area contributed by atoms with E-state index in [1.165, 1.54) is 0 Å². The predicted octanol–water partition coefficient (Wildman–Crippen LogP) is 2.66. The molecule has 6 heteroatoms. The van der Waals surface area contributed by atoms with Crippen molar-refractivity contribution in [2.24, 2.45) is 11.8 Å². The van der Waals surface area contributed by atoms with E-state index in [1.807, 2.05) is 31.0 Å². The average Bonchev–Trinajstić information content (AvgIpc) is 3.49. The summed E-state index contributed by atoms with van der Waals surface area (Å²) in [6, 6.07) is 4.40. The van der Waals surface area contributed by atoms with Crippen LogP contribution in [0.2, 0.25) is 0 Å². The van der Waals surface area contributed by atoms with E-state index in [2.05, 4.69) is 9.80 Å². The Labute approximate surface area is 167 Å². The molecule has 3 heterocycles. The van der Waals surface area contributed by atoms with E-state index >= 15 is 0 Å². The zero-order valence-electron chi connectivity index (χ0n) is 17.2. The third-order valence-corrected chi connectivity index (χ3v) is 6.59. The van der Waals surface area contributed by atoms with Gasteiger partial charge in [0.1, 0.15) is 11.5 Å². The fourth-order valence-corrected chi connectivity index (χ4v) is 4.77. The summed E-state index contributed by atoms with van der Waals surface area (Å²) < 4.78 is 5.62. The fraction of sp³-hybridized carbons (Fsp3) is 0.727. The van der Waals surface area contributed by atoms with Gasteiger partial charge in [-0.15, -0.1) is 0 Å². The third kappa shape index (κ3) is 4.43. The van der Waals surface area contributed by atoms with Crippen molar-refractivity contribution < 1.29 is 14.0 Å². The smallest absolute Gasteiger partial charge is 0.227 e. The first kappa shape index (κ1) is 19.5. The Morgan fingerprint density at radius 1 is 1.07 bits per heavy atom. The van der Waals surface area contributed by atoms with E-state index in [9.17, 15) is 9.59 Å². The summed E-state index contributed by atoms with van der Waals surface area (Å²) >= 11 is 0. The quantitative estimate of drug-likeness (QED) is 0.779. The summed E-state index contributed by atoms with van der Waals surface area (Å²) in [5, 5.41) is 0. The standard InChI is InChI=1S/C22H33N3O3/c1-16-5-8-20(28-16)15-23(2)21(26)18-4-3-11-25(14-18)19-9-12-24(13-10-19)22(27)17-6-7-17/h5,8,17-19H,3-4,6-7,9-15H2,1-2H3/t18-/m1/s1. The molecule has 4 rings (SSSR count). The summed E-state index contributed by atoms with van der Waals surface area (Å²) in [5.74, 6) is 2.71. The molecular formula is C22H33N3O3. The van der Waals surface area contributed by atoms with Crippen molar-refractivity contribution in [2.45, 2.75) is 58.0 Å². The summed E-state index contributed by atoms with van der Waals surface area (Å²) in [6.45, 7) is 6.14. The van der Waals surface area contributed by atoms with Gasteiger partial charge in [-0.2, -0.15) is 0 Å². The van der Waals surface area contributed by atoms with Crippen molar-refractivity contribution in [1.29, 1.82) is 0 Å². The maximum absolute atomic E-state index is 13.0. The summed E-state index contributed by atoms with van der Waals surface area (Å²) in [6.07, 6.45) is 6.29. The van der Waals surface area contributed by atoms with Gasteiger partial charge in [-0.25, -0.2) is 0 Å². The monoisotopic (exact) mass is 387 g/mol. The van der Waals surface area contributed by atoms with E-state index in [0.717, 1.165) is 76.2 Å². The lowest BCUT2D eigenvalue weighted by Gasteiger charge is -2.42. The molecule has 0 radical (unpaired) electrons. The minimum absolute atomic E-state index is 0.0703. The number of rotatable bonds is 5. The Morgan fingerprint density at radius 2 is 1.82 bits per heavy atom. The minimum atomic E-state index is 0.0703. The summed E-state index contributed by atoms with van der Waals surface area (Å²) in [7, 11) is 1.88. The summed E-state index contributed by atoms with van der Waals surface area (Å²) in [4.78, 5) is 31.6. The van der Waals surface area contributed by atoms with E-state index in [0.29, 0.717) is 24.4 Å². The van der Waals surface area contributed by atoms with Crippen LogP contribution in [0.3, 0.4) is 0 Å². The molecule has 154 valence electrons. The Balaban J connectivity index is 1.27. The van der Waals surface area contributed by atoms with Crippen molar-refractivity contribution in [3.63, 3.8) is 0 Å². The molecule has 0 N–H and O–H groups in total. The van der Waals surface area contributed by atoms with Crippen LogP contribution in [0.25, 0.3) is 0 Å². The predicted molar refractivity (Wildman–Crippen MR) is 107 cm³/mol. The summed E-state index contributed by atoms with van der Waals surface area (Å²) in [5.41, 5.74) is 0. The Morgan fingerprint density at radius 3 is 2.46 bits per heavy atom. The van der Waals surface area contributed by atoms with Crippen LogP contribution in [-0.2, 0) is 16.1 Å². The lowest BCUT2D eigenvalue weighted by Crippen LogP contribution is -2.51. The molecule has 6 nitrogen and oxygen atoms in total. The minimum Gasteiger partial charge on any atom is -0.464 e. The maximum Gasteiger partial charge on any atom is 0.227 e. The van der Waals surface area contributed by atoms with Crippen molar-refractivity contribution in [1.82, 2.24) is 14.7 Å². The SMILES string of the molecule is Cc1ccc(CN(C)C(=O)[C@@H]2CCCN(C3CCN(C(=O)C4CC4)CC3)C2)o1. The third-order valence-electron chi connectivity index (χ3n) is 6.59. The topological polar surface area (TPSA) is 57.0 Å². The normalized spacial score (nSPS) is 24.4. The zero-order valence-corrected chi connectivity index (χ0v) is 17.2. The second-order valence-electron chi connectivity index (χ2n) is 8.87. The van der Waals surface area contributed by atoms with Crippen LogP contribution in [-0.4, -0.2) is 65.8 Å². The molecule has 2 amide bonds. The number of carbonyl (C=O) groups is 2. The van der Waals surface area contributed by atoms with Crippen LogP contribution < -0.4 is 0 Å². The average molecular weight is 388 g/mol. The molecule has 1 saturated carbocycles. The van der Waals surface area contributed by atoms with Crippen molar-refractivity contribution in [3.8, 4) is 0 Å². The molecule has 0 unspecified atom stereocenters. The lowest BCUT2D eigenvalue weighted by molar-refractivity contribution is -0.137. The molecule has 0 aromatic carbocycles. The molecule has 1 aromatic heterocycles. The van der Waals surface area contributed by atoms with E-state index in [4.69, 9.17) is 4.42 Å². The number of carbonyl (C=O) groups excluding carboxylic acids is 2. The molecular weight excluding hydrogens is 354 g/mol. The molecule has 0 spiro atoms. The number of likely N-dealkylation sites (tertiary alicyclic amines) is 2. The number of furan rings is 1. The first-order valence-corrected chi connectivity index (χ1v) is 10.8. The molecule has 3 fully saturated rings. The zero-order chi connectivity index (χ0) is 19.7. The first-order valence-electron chi connectivity index (χ1n) is 10.8. The molecule has 1 aliphatic carbocycles. The van der Waals surface area contributed by atoms with Crippen LogP contribution in [0, 0.1) is 18.8 Å². The highest BCUT2D eigenvalue weighted by Crippen LogP contribution is 2.33. The number of amides is 2. The first-order chi connectivity index (χ1) is 13.5. The Bertz CT molecular complexity index is 704. The van der Waals surface area contributed by atoms with Gasteiger partial charge in [0, 0.05) is 38.6 Å². The second-order valence-corrected chi connectivity index (χ2v) is 8.87. The number of hydrogen-bond donors (Lipinski definition) is 0. The van der Waals surface area contributed by atoms with Gasteiger partial charge in [0.25, 0.3) is 0 Å². The van der Waals surface area contributed by atoms with E-state index in [1.54, 1.807) is 0 Å². The van der Waals surface area contributed by atoms with Gasteiger partial charge >= 0.3 is 0 Å². The van der Waals surface area contributed by atoms with Crippen molar-refractivity contribution in [3.05, 3.63) is 23.7 Å². The van der Waals surface area contributed by atoms with Gasteiger partial charge in [0.05, 0.1) is 12.5 Å². The van der Waals surface area contributed by atoms with Gasteiger partial charge in [-0.1, -0.05) is 0 Å². The van der Waals surface area contributed by atoms with Crippen LogP contribution in [0.4, 0.5) is 0 Å². The van der Waals surface area contributed by atoms with Crippen LogP contribution in [0.5, 0.6) is 0 Å². The molecule has 2 aliphatic heterocycles. The lowest BCUT2D eigenvalue weighted by atomic mass is 9.93. The fourth-order valence-electron chi connectivity index (χ4n) is 4.77. The van der Waals surface area contributed by atoms with Crippen molar-refractivity contribution >= 4 is 11.8 Å². The molecule has 3 aliphatic rings. The van der Waals surface area contributed by atoms with Crippen molar-refractivity contribution in [2.75, 3.05) is 33.2 Å². The molecule has 0 bridgehead atoms. The maximum atomic E-state index is 13.0. The highest BCUT2D eigenvalue weighted by atomic mass is 16.3. The number of aryl methyl sites for hydroxylation is 1. The van der Waals surface area contributed by atoms with Crippen LogP contribution >= 0.6 is 0 Å². The highest BCUT2D eigenvalue weighted by Gasteiger charge is 2.37. The molecule has 28 heavy (non-hydrogen) atoms. The van der Waals surface area contributed by atoms with E-state index in [-0.39, 0.29) is 11.8 Å². The highest BCUT2D eigenvalue weighted by molar-refractivity contribution is 5.81. The van der Waals surface area contributed by atoms with Gasteiger partial charge in [0.15, 0.2) is 0 Å². The van der Waals surface area contributed by atoms with Gasteiger partial charge < -0.3 is 14.2 Å². The van der Waals surface area contributed by atoms with Crippen LogP contribution in [0.1, 0.15) is 50.0 Å². The van der Waals surface area contributed by atoms with Gasteiger partial charge in [0.2, 0.25) is 11.8 Å². The van der Waals surface area contributed by atoms with E-state index < -0.39 is 0 Å². The molecule has 2 saturated heterocycles. The van der Waals surface area contributed by atoms with Gasteiger partial charge in [-0.05, 0) is 64.1 Å².